The lowest BCUT2D eigenvalue weighted by atomic mass is 10.0. The minimum Gasteiger partial charge on any atom is -1.00 e. The van der Waals surface area contributed by atoms with Crippen molar-refractivity contribution in [3.8, 4) is 0 Å². The molecule has 2 aliphatic heterocycles. The topological polar surface area (TPSA) is 29.2 Å². The van der Waals surface area contributed by atoms with E-state index in [1.165, 1.54) is 5.57 Å². The summed E-state index contributed by atoms with van der Waals surface area (Å²) in [6.07, 6.45) is 13.7. The Bertz CT molecular complexity index is 438. The van der Waals surface area contributed by atoms with Gasteiger partial charge in [0.25, 0.3) is 0 Å². The van der Waals surface area contributed by atoms with Crippen molar-refractivity contribution in [2.24, 2.45) is 9.98 Å². The predicted octanol–water partition coefficient (Wildman–Crippen LogP) is -2.82. The summed E-state index contributed by atoms with van der Waals surface area (Å²) in [6.45, 7) is 0. The number of rotatable bonds is 1. The number of fused-ring (bicyclic) bond motifs is 1. The van der Waals surface area contributed by atoms with Gasteiger partial charge in [-0.1, -0.05) is 18.2 Å². The van der Waals surface area contributed by atoms with Gasteiger partial charge in [0.1, 0.15) is 11.9 Å². The number of halogens is 1. The van der Waals surface area contributed by atoms with Gasteiger partial charge in [0, 0.05) is 5.57 Å². The minimum atomic E-state index is 0. The Labute approximate surface area is 88.0 Å². The molecule has 0 fully saturated rings. The Balaban J connectivity index is 0.000000750. The zero-order valence-electron chi connectivity index (χ0n) is 7.31. The standard InChI is InChI=1S/C10H7N3.ClH/c1-2-8(3-1)10-9-6-11-4-5-13(9)7-12-10;/h1-7H;1H. The number of hydrogen-bond acceptors (Lipinski definition) is 2. The fourth-order valence-electron chi connectivity index (χ4n) is 1.50. The maximum absolute atomic E-state index is 4.36. The van der Waals surface area contributed by atoms with Crippen molar-refractivity contribution in [2.45, 2.75) is 0 Å². The molecule has 0 amide bonds. The Morgan fingerprint density at radius 2 is 2.14 bits per heavy atom. The summed E-state index contributed by atoms with van der Waals surface area (Å²) < 4.78 is 0. The predicted molar refractivity (Wildman–Crippen MR) is 51.3 cm³/mol. The van der Waals surface area contributed by atoms with Gasteiger partial charge in [-0.15, -0.1) is 0 Å². The molecule has 1 atom stereocenters. The summed E-state index contributed by atoms with van der Waals surface area (Å²) in [5.41, 5.74) is 3.38. The highest BCUT2D eigenvalue weighted by Gasteiger charge is 2.25. The molecule has 70 valence electrons. The molecule has 0 aromatic carbocycles. The molecule has 0 aromatic rings. The first kappa shape index (κ1) is 9.12. The van der Waals surface area contributed by atoms with Gasteiger partial charge in [0.2, 0.25) is 0 Å². The molecule has 4 heteroatoms. The molecule has 0 radical (unpaired) electrons. The Morgan fingerprint density at radius 3 is 2.86 bits per heavy atom. The van der Waals surface area contributed by atoms with Gasteiger partial charge in [-0.05, 0) is 0 Å². The van der Waals surface area contributed by atoms with Crippen LogP contribution in [0.2, 0.25) is 0 Å². The van der Waals surface area contributed by atoms with Crippen LogP contribution in [0.5, 0.6) is 0 Å². The summed E-state index contributed by atoms with van der Waals surface area (Å²) in [7, 11) is 0. The molecule has 1 aliphatic carbocycles. The minimum absolute atomic E-state index is 0. The van der Waals surface area contributed by atoms with Crippen LogP contribution in [0.25, 0.3) is 0 Å². The van der Waals surface area contributed by atoms with Crippen molar-refractivity contribution < 1.29 is 17.3 Å². The van der Waals surface area contributed by atoms with Gasteiger partial charge >= 0.3 is 0 Å². The highest BCUT2D eigenvalue weighted by Crippen LogP contribution is 2.22. The molecule has 0 bridgehead atoms. The van der Waals surface area contributed by atoms with Crippen LogP contribution in [0.15, 0.2) is 57.6 Å². The highest BCUT2D eigenvalue weighted by molar-refractivity contribution is 5.84. The van der Waals surface area contributed by atoms with Gasteiger partial charge in [-0.25, -0.2) is 4.90 Å². The first-order chi connectivity index (χ1) is 6.45. The van der Waals surface area contributed by atoms with Crippen molar-refractivity contribution in [1.82, 2.24) is 0 Å². The van der Waals surface area contributed by atoms with Gasteiger partial charge in [0.05, 0.1) is 12.4 Å². The van der Waals surface area contributed by atoms with E-state index in [1.807, 2.05) is 24.8 Å². The SMILES string of the molecule is C1=CC(C2=C3C=NC=C[NH+]3C=N2)=C1.[Cl-]. The van der Waals surface area contributed by atoms with Crippen LogP contribution in [0.1, 0.15) is 0 Å². The van der Waals surface area contributed by atoms with Crippen LogP contribution in [-0.4, -0.2) is 12.6 Å². The average Bonchev–Trinajstić information content (AvgIpc) is 2.47. The monoisotopic (exact) mass is 205 g/mol. The lowest BCUT2D eigenvalue weighted by molar-refractivity contribution is -0.682. The average molecular weight is 206 g/mol. The third kappa shape index (κ3) is 1.18. The van der Waals surface area contributed by atoms with Crippen LogP contribution >= 0.6 is 0 Å². The van der Waals surface area contributed by atoms with E-state index in [4.69, 9.17) is 0 Å². The van der Waals surface area contributed by atoms with E-state index in [0.717, 1.165) is 16.3 Å². The molecule has 3 nitrogen and oxygen atoms in total. The number of hydrogen-bond donors (Lipinski definition) is 1. The number of aliphatic imine (C=N–C) groups is 2. The molecule has 1 N–H and O–H groups in total. The lowest BCUT2D eigenvalue weighted by Crippen LogP contribution is -3.04. The molecular formula is C10H8ClN3. The third-order valence-electron chi connectivity index (χ3n) is 2.27. The van der Waals surface area contributed by atoms with E-state index in [9.17, 15) is 0 Å². The first-order valence-electron chi connectivity index (χ1n) is 4.19. The highest BCUT2D eigenvalue weighted by atomic mass is 35.5. The second-order valence-corrected chi connectivity index (χ2v) is 3.05. The quantitative estimate of drug-likeness (QED) is 0.479. The molecule has 0 aromatic heterocycles. The number of allylic oxidation sites excluding steroid dienone is 4. The van der Waals surface area contributed by atoms with Crippen LogP contribution in [-0.2, 0) is 0 Å². The first-order valence-corrected chi connectivity index (χ1v) is 4.19. The lowest BCUT2D eigenvalue weighted by Gasteiger charge is -2.09. The maximum atomic E-state index is 4.36. The fourth-order valence-corrected chi connectivity index (χ4v) is 1.50. The molecule has 3 aliphatic rings. The molecule has 0 saturated carbocycles. The van der Waals surface area contributed by atoms with Gasteiger partial charge in [-0.3, -0.25) is 4.99 Å². The Morgan fingerprint density at radius 1 is 1.29 bits per heavy atom. The zero-order chi connectivity index (χ0) is 8.67. The van der Waals surface area contributed by atoms with Crippen molar-refractivity contribution in [3.63, 3.8) is 0 Å². The summed E-state index contributed by atoms with van der Waals surface area (Å²) in [4.78, 5) is 9.61. The third-order valence-corrected chi connectivity index (χ3v) is 2.27. The molecule has 14 heavy (non-hydrogen) atoms. The normalized spacial score (nSPS) is 25.7. The van der Waals surface area contributed by atoms with Gasteiger partial charge in [0.15, 0.2) is 12.0 Å². The second-order valence-electron chi connectivity index (χ2n) is 3.05. The zero-order valence-corrected chi connectivity index (χ0v) is 8.07. The molecular weight excluding hydrogens is 198 g/mol. The molecule has 1 unspecified atom stereocenters. The van der Waals surface area contributed by atoms with Crippen molar-refractivity contribution in [2.75, 3.05) is 0 Å². The van der Waals surface area contributed by atoms with E-state index >= 15 is 0 Å². The maximum Gasteiger partial charge on any atom is 0.198 e. The van der Waals surface area contributed by atoms with Gasteiger partial charge in [-0.2, -0.15) is 4.99 Å². The molecule has 3 rings (SSSR count). The Kier molecular flexibility index (Phi) is 2.19. The van der Waals surface area contributed by atoms with E-state index in [0.29, 0.717) is 0 Å². The molecule has 0 saturated heterocycles. The van der Waals surface area contributed by atoms with E-state index in [-0.39, 0.29) is 12.4 Å². The largest absolute Gasteiger partial charge is 1.00 e. The van der Waals surface area contributed by atoms with Crippen molar-refractivity contribution in [1.29, 1.82) is 0 Å². The van der Waals surface area contributed by atoms with Crippen LogP contribution in [0, 0.1) is 0 Å². The number of quaternary nitrogens is 1. The van der Waals surface area contributed by atoms with Crippen LogP contribution < -0.4 is 17.3 Å². The number of nitrogens with zero attached hydrogens (tertiary/aromatic N) is 2. The van der Waals surface area contributed by atoms with Gasteiger partial charge < -0.3 is 12.4 Å². The Hall–Kier alpha value is -1.45. The summed E-state index contributed by atoms with van der Waals surface area (Å²) >= 11 is 0. The molecule has 0 spiro atoms. The van der Waals surface area contributed by atoms with Crippen molar-refractivity contribution >= 4 is 12.6 Å². The summed E-state index contributed by atoms with van der Waals surface area (Å²) in [5, 5.41) is 0. The summed E-state index contributed by atoms with van der Waals surface area (Å²) in [6, 6.07) is 0. The van der Waals surface area contributed by atoms with E-state index < -0.39 is 0 Å². The second kappa shape index (κ2) is 3.36. The van der Waals surface area contributed by atoms with E-state index in [1.54, 1.807) is 6.20 Å². The summed E-state index contributed by atoms with van der Waals surface area (Å²) in [5.74, 6) is 0. The smallest absolute Gasteiger partial charge is 0.198 e. The van der Waals surface area contributed by atoms with Crippen LogP contribution in [0.3, 0.4) is 0 Å². The fraction of sp³-hybridized carbons (Fsp3) is 0. The van der Waals surface area contributed by atoms with E-state index in [2.05, 4.69) is 22.1 Å². The van der Waals surface area contributed by atoms with Crippen LogP contribution in [0.4, 0.5) is 0 Å². The van der Waals surface area contributed by atoms with Crippen molar-refractivity contribution in [3.05, 3.63) is 47.6 Å². The number of nitrogens with one attached hydrogen (secondary N) is 1. The molecule has 2 heterocycles.